The van der Waals surface area contributed by atoms with Gasteiger partial charge in [0, 0.05) is 13.2 Å². The Morgan fingerprint density at radius 1 is 1.12 bits per heavy atom. The largest absolute Gasteiger partial charge is 0.467 e. The van der Waals surface area contributed by atoms with Gasteiger partial charge in [0.2, 0.25) is 0 Å². The van der Waals surface area contributed by atoms with Crippen LogP contribution in [0.4, 0.5) is 14.5 Å². The van der Waals surface area contributed by atoms with Crippen molar-refractivity contribution in [3.05, 3.63) is 54.0 Å². The predicted octanol–water partition coefficient (Wildman–Crippen LogP) is 2.22. The summed E-state index contributed by atoms with van der Waals surface area (Å²) in [6.07, 6.45) is 2.02. The molecule has 1 heterocycles. The molecule has 2 N–H and O–H groups in total. The third kappa shape index (κ3) is 5.17. The molecule has 24 heavy (non-hydrogen) atoms. The molecule has 0 unspecified atom stereocenters. The summed E-state index contributed by atoms with van der Waals surface area (Å²) in [4.78, 5) is 23.2. The van der Waals surface area contributed by atoms with Crippen molar-refractivity contribution in [2.75, 3.05) is 18.5 Å². The van der Waals surface area contributed by atoms with E-state index in [4.69, 9.17) is 9.15 Å². The summed E-state index contributed by atoms with van der Waals surface area (Å²) in [5, 5.41) is 4.37. The molecule has 0 saturated heterocycles. The van der Waals surface area contributed by atoms with Crippen LogP contribution in [0.5, 0.6) is 0 Å². The van der Waals surface area contributed by atoms with E-state index in [0.29, 0.717) is 25.4 Å². The van der Waals surface area contributed by atoms with Crippen molar-refractivity contribution in [2.45, 2.75) is 13.0 Å². The molecule has 0 saturated carbocycles. The molecule has 2 rings (SSSR count). The molecule has 8 heteroatoms. The molecule has 128 valence electrons. The van der Waals surface area contributed by atoms with Crippen molar-refractivity contribution in [3.8, 4) is 0 Å². The summed E-state index contributed by atoms with van der Waals surface area (Å²) in [5.74, 6) is -3.65. The van der Waals surface area contributed by atoms with Gasteiger partial charge in [-0.15, -0.1) is 0 Å². The van der Waals surface area contributed by atoms with Crippen LogP contribution in [0.25, 0.3) is 0 Å². The molecule has 0 atom stereocenters. The van der Waals surface area contributed by atoms with Gasteiger partial charge in [-0.2, -0.15) is 0 Å². The average molecular weight is 338 g/mol. The Morgan fingerprint density at radius 2 is 1.96 bits per heavy atom. The molecule has 2 amide bonds. The maximum absolute atomic E-state index is 13.4. The zero-order chi connectivity index (χ0) is 17.4. The highest BCUT2D eigenvalue weighted by atomic mass is 19.2. The van der Waals surface area contributed by atoms with E-state index in [1.807, 2.05) is 5.32 Å². The van der Waals surface area contributed by atoms with Crippen LogP contribution in [0.3, 0.4) is 0 Å². The summed E-state index contributed by atoms with van der Waals surface area (Å²) in [6.45, 7) is 0.886. The monoisotopic (exact) mass is 338 g/mol. The van der Waals surface area contributed by atoms with Crippen molar-refractivity contribution in [3.63, 3.8) is 0 Å². The Kier molecular flexibility index (Phi) is 6.44. The zero-order valence-corrected chi connectivity index (χ0v) is 12.7. The number of carbonyl (C=O) groups is 2. The number of amides is 2. The van der Waals surface area contributed by atoms with E-state index in [2.05, 4.69) is 5.32 Å². The molecule has 0 radical (unpaired) electrons. The van der Waals surface area contributed by atoms with Crippen LogP contribution < -0.4 is 10.6 Å². The number of benzene rings is 1. The van der Waals surface area contributed by atoms with Crippen molar-refractivity contribution in [1.82, 2.24) is 5.32 Å². The number of nitrogens with one attached hydrogen (secondary N) is 2. The number of hydrogen-bond donors (Lipinski definition) is 2. The number of anilines is 1. The van der Waals surface area contributed by atoms with Crippen molar-refractivity contribution < 1.29 is 27.5 Å². The molecule has 0 aliphatic heterocycles. The lowest BCUT2D eigenvalue weighted by molar-refractivity contribution is -0.136. The first-order chi connectivity index (χ1) is 11.6. The number of ether oxygens (including phenoxy) is 1. The Morgan fingerprint density at radius 3 is 2.71 bits per heavy atom. The maximum Gasteiger partial charge on any atom is 0.313 e. The Hall–Kier alpha value is -2.74. The predicted molar refractivity (Wildman–Crippen MR) is 81.0 cm³/mol. The fourth-order valence-corrected chi connectivity index (χ4v) is 1.80. The van der Waals surface area contributed by atoms with Crippen LogP contribution >= 0.6 is 0 Å². The van der Waals surface area contributed by atoms with E-state index in [1.54, 1.807) is 18.4 Å². The minimum atomic E-state index is -1.22. The second kappa shape index (κ2) is 8.78. The Labute approximate surface area is 136 Å². The van der Waals surface area contributed by atoms with Gasteiger partial charge < -0.3 is 19.8 Å². The lowest BCUT2D eigenvalue weighted by Crippen LogP contribution is -2.36. The van der Waals surface area contributed by atoms with E-state index in [-0.39, 0.29) is 6.54 Å². The van der Waals surface area contributed by atoms with Gasteiger partial charge >= 0.3 is 11.8 Å². The smallest absolute Gasteiger partial charge is 0.313 e. The third-order valence-electron chi connectivity index (χ3n) is 2.98. The van der Waals surface area contributed by atoms with Gasteiger partial charge in [0.25, 0.3) is 0 Å². The molecular weight excluding hydrogens is 322 g/mol. The number of rotatable bonds is 7. The first-order valence-corrected chi connectivity index (χ1v) is 7.21. The van der Waals surface area contributed by atoms with Crippen LogP contribution in [0.1, 0.15) is 12.2 Å². The standard InChI is InChI=1S/C16H16F2N2O4/c17-12-5-1-6-13(14(12)18)20-16(22)15(21)19-7-3-8-23-10-11-4-2-9-24-11/h1-2,4-6,9H,3,7-8,10H2,(H,19,21)(H,20,22). The molecule has 1 aromatic carbocycles. The highest BCUT2D eigenvalue weighted by Gasteiger charge is 2.16. The van der Waals surface area contributed by atoms with Crippen LogP contribution in [-0.2, 0) is 20.9 Å². The number of halogens is 2. The summed E-state index contributed by atoms with van der Waals surface area (Å²) >= 11 is 0. The molecule has 6 nitrogen and oxygen atoms in total. The lowest BCUT2D eigenvalue weighted by Gasteiger charge is -2.07. The summed E-state index contributed by atoms with van der Waals surface area (Å²) < 4.78 is 36.8. The van der Waals surface area contributed by atoms with Crippen LogP contribution in [0, 0.1) is 11.6 Å². The average Bonchev–Trinajstić information content (AvgIpc) is 3.08. The SMILES string of the molecule is O=C(NCCCOCc1ccco1)C(=O)Nc1cccc(F)c1F. The van der Waals surface area contributed by atoms with Gasteiger partial charge in [0.1, 0.15) is 12.4 Å². The van der Waals surface area contributed by atoms with Crippen LogP contribution in [-0.4, -0.2) is 25.0 Å². The summed E-state index contributed by atoms with van der Waals surface area (Å²) in [7, 11) is 0. The molecule has 2 aromatic rings. The van der Waals surface area contributed by atoms with Crippen molar-refractivity contribution >= 4 is 17.5 Å². The van der Waals surface area contributed by atoms with E-state index in [1.165, 1.54) is 6.07 Å². The van der Waals surface area contributed by atoms with Gasteiger partial charge in [0.05, 0.1) is 12.0 Å². The van der Waals surface area contributed by atoms with Crippen molar-refractivity contribution in [2.24, 2.45) is 0 Å². The second-order valence-electron chi connectivity index (χ2n) is 4.80. The van der Waals surface area contributed by atoms with Gasteiger partial charge in [0.15, 0.2) is 11.6 Å². The molecule has 0 spiro atoms. The Bertz CT molecular complexity index is 689. The van der Waals surface area contributed by atoms with E-state index < -0.39 is 29.1 Å². The van der Waals surface area contributed by atoms with E-state index in [0.717, 1.165) is 12.1 Å². The molecule has 0 aliphatic rings. The first-order valence-electron chi connectivity index (χ1n) is 7.21. The second-order valence-corrected chi connectivity index (χ2v) is 4.80. The van der Waals surface area contributed by atoms with Gasteiger partial charge in [-0.25, -0.2) is 8.78 Å². The third-order valence-corrected chi connectivity index (χ3v) is 2.98. The Balaban J connectivity index is 1.64. The highest BCUT2D eigenvalue weighted by molar-refractivity contribution is 6.39. The minimum absolute atomic E-state index is 0.204. The highest BCUT2D eigenvalue weighted by Crippen LogP contribution is 2.16. The fourth-order valence-electron chi connectivity index (χ4n) is 1.80. The topological polar surface area (TPSA) is 80.6 Å². The molecule has 0 aliphatic carbocycles. The normalized spacial score (nSPS) is 10.4. The van der Waals surface area contributed by atoms with Gasteiger partial charge in [-0.1, -0.05) is 6.07 Å². The summed E-state index contributed by atoms with van der Waals surface area (Å²) in [6, 6.07) is 6.82. The minimum Gasteiger partial charge on any atom is -0.467 e. The quantitative estimate of drug-likeness (QED) is 0.599. The number of furan rings is 1. The molecule has 0 bridgehead atoms. The first kappa shape index (κ1) is 17.6. The van der Waals surface area contributed by atoms with Gasteiger partial charge in [-0.3, -0.25) is 9.59 Å². The van der Waals surface area contributed by atoms with Gasteiger partial charge in [-0.05, 0) is 30.7 Å². The van der Waals surface area contributed by atoms with Crippen LogP contribution in [0.2, 0.25) is 0 Å². The zero-order valence-electron chi connectivity index (χ0n) is 12.7. The van der Waals surface area contributed by atoms with Crippen molar-refractivity contribution in [1.29, 1.82) is 0 Å². The number of hydrogen-bond acceptors (Lipinski definition) is 4. The molecule has 0 fully saturated rings. The van der Waals surface area contributed by atoms with Crippen LogP contribution in [0.15, 0.2) is 41.0 Å². The lowest BCUT2D eigenvalue weighted by atomic mass is 10.3. The molecule has 1 aromatic heterocycles. The molecular formula is C16H16F2N2O4. The number of carbonyl (C=O) groups excluding carboxylic acids is 2. The fraction of sp³-hybridized carbons (Fsp3) is 0.250. The van der Waals surface area contributed by atoms with E-state index in [9.17, 15) is 18.4 Å². The van der Waals surface area contributed by atoms with E-state index >= 15 is 0 Å². The maximum atomic E-state index is 13.4. The summed E-state index contributed by atoms with van der Waals surface area (Å²) in [5.41, 5.74) is -0.392.